The van der Waals surface area contributed by atoms with Gasteiger partial charge in [-0.15, -0.1) is 0 Å². The van der Waals surface area contributed by atoms with E-state index in [2.05, 4.69) is 10.6 Å². The van der Waals surface area contributed by atoms with Crippen LogP contribution in [0.5, 0.6) is 5.75 Å². The first-order chi connectivity index (χ1) is 21.0. The third kappa shape index (κ3) is 10.2. The standard InChI is InChI=1S/C31H44N4O8S/c1-22(2)23-20-28(31(38)33-15-7-6-10-29(37)34-27-9-5-4-8-26(27)32)43-30(21-23)42-19-17-35(16-18-36)44(39,40)25-13-11-24(41-3)12-14-25/h4-5,8-9,11-14,20,22-23,30,36H,6-7,10,15-19,21,32H2,1-3H3,(H,33,38)(H,34,37). The summed E-state index contributed by atoms with van der Waals surface area (Å²) < 4.78 is 44.3. The normalized spacial score (nSPS) is 16.7. The Balaban J connectivity index is 1.48. The average Bonchev–Trinajstić information content (AvgIpc) is 3.01. The van der Waals surface area contributed by atoms with Crippen molar-refractivity contribution in [2.75, 3.05) is 51.0 Å². The molecule has 2 atom stereocenters. The third-order valence-electron chi connectivity index (χ3n) is 7.21. The molecule has 0 saturated heterocycles. The molecule has 12 nitrogen and oxygen atoms in total. The molecule has 2 amide bonds. The molecule has 1 heterocycles. The Morgan fingerprint density at radius 2 is 1.84 bits per heavy atom. The average molecular weight is 633 g/mol. The van der Waals surface area contributed by atoms with E-state index in [0.29, 0.717) is 42.9 Å². The Bertz CT molecular complexity index is 1360. The third-order valence-corrected chi connectivity index (χ3v) is 9.12. The van der Waals surface area contributed by atoms with Crippen LogP contribution in [0.3, 0.4) is 0 Å². The fourth-order valence-corrected chi connectivity index (χ4v) is 5.99. The Morgan fingerprint density at radius 3 is 2.50 bits per heavy atom. The number of nitrogens with one attached hydrogen (secondary N) is 2. The van der Waals surface area contributed by atoms with Crippen molar-refractivity contribution in [1.29, 1.82) is 0 Å². The number of benzene rings is 2. The van der Waals surface area contributed by atoms with Crippen LogP contribution in [0.2, 0.25) is 0 Å². The zero-order valence-electron chi connectivity index (χ0n) is 25.5. The van der Waals surface area contributed by atoms with Crippen LogP contribution in [-0.2, 0) is 29.1 Å². The van der Waals surface area contributed by atoms with Gasteiger partial charge in [0.1, 0.15) is 5.75 Å². The minimum absolute atomic E-state index is 0.00351. The van der Waals surface area contributed by atoms with Crippen LogP contribution in [-0.4, -0.2) is 75.9 Å². The van der Waals surface area contributed by atoms with Crippen LogP contribution >= 0.6 is 0 Å². The topological polar surface area (TPSA) is 170 Å². The molecule has 0 spiro atoms. The van der Waals surface area contributed by atoms with Gasteiger partial charge in [-0.25, -0.2) is 8.42 Å². The number of hydrogen-bond acceptors (Lipinski definition) is 9. The van der Waals surface area contributed by atoms with Gasteiger partial charge < -0.3 is 35.7 Å². The summed E-state index contributed by atoms with van der Waals surface area (Å²) in [7, 11) is -2.39. The van der Waals surface area contributed by atoms with Crippen molar-refractivity contribution in [1.82, 2.24) is 9.62 Å². The summed E-state index contributed by atoms with van der Waals surface area (Å²) in [4.78, 5) is 25.2. The number of allylic oxidation sites excluding steroid dienone is 1. The summed E-state index contributed by atoms with van der Waals surface area (Å²) in [5.41, 5.74) is 6.93. The summed E-state index contributed by atoms with van der Waals surface area (Å²) in [5.74, 6) is 0.373. The van der Waals surface area contributed by atoms with Gasteiger partial charge >= 0.3 is 0 Å². The number of nitrogens with two attached hydrogens (primary N) is 1. The highest BCUT2D eigenvalue weighted by Gasteiger charge is 2.30. The molecule has 0 fully saturated rings. The summed E-state index contributed by atoms with van der Waals surface area (Å²) in [6, 6.07) is 13.0. The lowest BCUT2D eigenvalue weighted by molar-refractivity contribution is -0.150. The number of sulfonamides is 1. The monoisotopic (exact) mass is 632 g/mol. The lowest BCUT2D eigenvalue weighted by atomic mass is 9.90. The predicted molar refractivity (Wildman–Crippen MR) is 167 cm³/mol. The molecular weight excluding hydrogens is 588 g/mol. The van der Waals surface area contributed by atoms with Crippen molar-refractivity contribution >= 4 is 33.2 Å². The molecule has 1 aliphatic rings. The number of nitrogens with zero attached hydrogens (tertiary/aromatic N) is 1. The molecule has 2 aromatic rings. The first kappa shape index (κ1) is 34.8. The first-order valence-corrected chi connectivity index (χ1v) is 16.2. The molecule has 0 aromatic heterocycles. The van der Waals surface area contributed by atoms with E-state index in [-0.39, 0.29) is 67.0 Å². The molecule has 0 saturated carbocycles. The highest BCUT2D eigenvalue weighted by atomic mass is 32.2. The number of unbranched alkanes of at least 4 members (excludes halogenated alkanes) is 1. The molecule has 44 heavy (non-hydrogen) atoms. The van der Waals surface area contributed by atoms with Crippen molar-refractivity contribution in [3.8, 4) is 5.75 Å². The van der Waals surface area contributed by atoms with Crippen molar-refractivity contribution in [3.63, 3.8) is 0 Å². The molecule has 2 aromatic carbocycles. The quantitative estimate of drug-likeness (QED) is 0.151. The largest absolute Gasteiger partial charge is 0.497 e. The summed E-state index contributed by atoms with van der Waals surface area (Å²) in [6.45, 7) is 3.96. The van der Waals surface area contributed by atoms with Gasteiger partial charge in [-0.3, -0.25) is 9.59 Å². The van der Waals surface area contributed by atoms with Crippen LogP contribution in [0.1, 0.15) is 39.5 Å². The predicted octanol–water partition coefficient (Wildman–Crippen LogP) is 3.10. The number of ether oxygens (including phenoxy) is 3. The number of anilines is 2. The maximum atomic E-state index is 13.2. The molecule has 242 valence electrons. The molecule has 5 N–H and O–H groups in total. The number of aliphatic hydroxyl groups is 1. The van der Waals surface area contributed by atoms with Gasteiger partial charge in [-0.05, 0) is 67.2 Å². The highest BCUT2D eigenvalue weighted by molar-refractivity contribution is 7.89. The summed E-state index contributed by atoms with van der Waals surface area (Å²) in [6.07, 6.45) is 3.00. The van der Waals surface area contributed by atoms with Crippen LogP contribution in [0.25, 0.3) is 0 Å². The smallest absolute Gasteiger partial charge is 0.286 e. The van der Waals surface area contributed by atoms with Gasteiger partial charge in [0.25, 0.3) is 5.91 Å². The zero-order valence-corrected chi connectivity index (χ0v) is 26.3. The zero-order chi connectivity index (χ0) is 32.1. The maximum Gasteiger partial charge on any atom is 0.286 e. The Kier molecular flexibility index (Phi) is 13.5. The number of aliphatic hydroxyl groups excluding tert-OH is 1. The van der Waals surface area contributed by atoms with E-state index in [4.69, 9.17) is 19.9 Å². The fourth-order valence-electron chi connectivity index (χ4n) is 4.58. The summed E-state index contributed by atoms with van der Waals surface area (Å²) in [5, 5.41) is 15.1. The van der Waals surface area contributed by atoms with E-state index in [1.165, 1.54) is 19.2 Å². The number of carbonyl (C=O) groups excluding carboxylic acids is 2. The number of rotatable bonds is 17. The number of nitrogen functional groups attached to an aromatic ring is 1. The van der Waals surface area contributed by atoms with Gasteiger partial charge in [-0.1, -0.05) is 26.0 Å². The lowest BCUT2D eigenvalue weighted by Crippen LogP contribution is -2.38. The minimum atomic E-state index is -3.89. The van der Waals surface area contributed by atoms with Crippen molar-refractivity contribution < 1.29 is 37.3 Å². The van der Waals surface area contributed by atoms with E-state index in [9.17, 15) is 23.1 Å². The van der Waals surface area contributed by atoms with Crippen LogP contribution in [0.15, 0.2) is 65.3 Å². The Morgan fingerprint density at radius 1 is 1.11 bits per heavy atom. The minimum Gasteiger partial charge on any atom is -0.497 e. The SMILES string of the molecule is COc1ccc(S(=O)(=O)N(CCO)CCOC2CC(C(C)C)C=C(C(=O)NCCCCC(=O)Nc3ccccc3N)O2)cc1. The molecule has 1 aliphatic heterocycles. The number of carbonyl (C=O) groups is 2. The van der Waals surface area contributed by atoms with E-state index >= 15 is 0 Å². The van der Waals surface area contributed by atoms with Gasteiger partial charge in [0.15, 0.2) is 5.76 Å². The molecule has 0 bridgehead atoms. The number of amides is 2. The Labute approximate surface area is 259 Å². The second-order valence-electron chi connectivity index (χ2n) is 10.7. The number of hydrogen-bond donors (Lipinski definition) is 4. The molecule has 2 unspecified atom stereocenters. The molecule has 13 heteroatoms. The maximum absolute atomic E-state index is 13.2. The first-order valence-electron chi connectivity index (χ1n) is 14.7. The van der Waals surface area contributed by atoms with Crippen LogP contribution in [0.4, 0.5) is 11.4 Å². The van der Waals surface area contributed by atoms with Crippen LogP contribution in [0, 0.1) is 11.8 Å². The van der Waals surface area contributed by atoms with E-state index in [1.807, 2.05) is 13.8 Å². The van der Waals surface area contributed by atoms with Crippen LogP contribution < -0.4 is 21.1 Å². The van der Waals surface area contributed by atoms with E-state index in [0.717, 1.165) is 4.31 Å². The van der Waals surface area contributed by atoms with Crippen molar-refractivity contribution in [2.45, 2.75) is 50.7 Å². The number of methoxy groups -OCH3 is 1. The lowest BCUT2D eigenvalue weighted by Gasteiger charge is -2.31. The number of para-hydroxylation sites is 2. The molecular formula is C31H44N4O8S. The van der Waals surface area contributed by atoms with Crippen molar-refractivity contribution in [3.05, 3.63) is 60.4 Å². The van der Waals surface area contributed by atoms with E-state index < -0.39 is 16.3 Å². The van der Waals surface area contributed by atoms with Gasteiger partial charge in [0, 0.05) is 32.5 Å². The molecule has 0 aliphatic carbocycles. The Hall–Kier alpha value is -3.65. The molecule has 0 radical (unpaired) electrons. The highest BCUT2D eigenvalue weighted by Crippen LogP contribution is 2.29. The van der Waals surface area contributed by atoms with Gasteiger partial charge in [0.05, 0.1) is 36.6 Å². The van der Waals surface area contributed by atoms with Gasteiger partial charge in [-0.2, -0.15) is 4.31 Å². The molecule has 3 rings (SSSR count). The van der Waals surface area contributed by atoms with Crippen molar-refractivity contribution in [2.24, 2.45) is 11.8 Å². The van der Waals surface area contributed by atoms with Gasteiger partial charge in [0.2, 0.25) is 22.2 Å². The van der Waals surface area contributed by atoms with E-state index in [1.54, 1.807) is 42.5 Å². The summed E-state index contributed by atoms with van der Waals surface area (Å²) >= 11 is 0. The second kappa shape index (κ2) is 17.0. The second-order valence-corrected chi connectivity index (χ2v) is 12.7. The fraction of sp³-hybridized carbons (Fsp3) is 0.484.